The van der Waals surface area contributed by atoms with Gasteiger partial charge >= 0.3 is 5.69 Å². The Morgan fingerprint density at radius 2 is 2.25 bits per heavy atom. The first kappa shape index (κ1) is 14.7. The fraction of sp³-hybridized carbons (Fsp3) is 0.462. The van der Waals surface area contributed by atoms with Gasteiger partial charge in [-0.1, -0.05) is 0 Å². The zero-order chi connectivity index (χ0) is 14.7. The van der Waals surface area contributed by atoms with Crippen LogP contribution in [-0.2, 0) is 0 Å². The Bertz CT molecular complexity index is 611. The number of hydrogen-bond acceptors (Lipinski definition) is 6. The van der Waals surface area contributed by atoms with Crippen molar-refractivity contribution in [2.75, 3.05) is 26.0 Å². The summed E-state index contributed by atoms with van der Waals surface area (Å²) in [4.78, 5) is 17.1. The fourth-order valence-electron chi connectivity index (χ4n) is 2.01. The van der Waals surface area contributed by atoms with Crippen LogP contribution in [0.15, 0.2) is 17.6 Å². The number of rotatable bonds is 6. The molecule has 2 rings (SSSR count). The van der Waals surface area contributed by atoms with Crippen molar-refractivity contribution in [1.29, 1.82) is 0 Å². The highest BCUT2D eigenvalue weighted by Crippen LogP contribution is 2.34. The molecule has 1 unspecified atom stereocenters. The van der Waals surface area contributed by atoms with Crippen LogP contribution in [0.5, 0.6) is 0 Å². The van der Waals surface area contributed by atoms with E-state index in [4.69, 9.17) is 0 Å². The summed E-state index contributed by atoms with van der Waals surface area (Å²) in [5.41, 5.74) is 2.71. The van der Waals surface area contributed by atoms with Crippen molar-refractivity contribution in [2.24, 2.45) is 0 Å². The van der Waals surface area contributed by atoms with Gasteiger partial charge < -0.3 is 10.2 Å². The molecule has 0 fully saturated rings. The van der Waals surface area contributed by atoms with E-state index in [-0.39, 0.29) is 16.7 Å². The first-order chi connectivity index (χ1) is 9.49. The van der Waals surface area contributed by atoms with Gasteiger partial charge in [0.25, 0.3) is 0 Å². The first-order valence-corrected chi connectivity index (χ1v) is 7.29. The van der Waals surface area contributed by atoms with Gasteiger partial charge in [0, 0.05) is 6.04 Å². The summed E-state index contributed by atoms with van der Waals surface area (Å²) in [7, 11) is 4.02. The Labute approximate surface area is 121 Å². The molecule has 0 aliphatic rings. The van der Waals surface area contributed by atoms with Crippen LogP contribution in [0.4, 0.5) is 11.4 Å². The second-order valence-corrected chi connectivity index (χ2v) is 5.94. The van der Waals surface area contributed by atoms with E-state index in [0.717, 1.165) is 17.7 Å². The maximum absolute atomic E-state index is 11.3. The Morgan fingerprint density at radius 3 is 2.90 bits per heavy atom. The van der Waals surface area contributed by atoms with Gasteiger partial charge in [-0.15, -0.1) is 11.3 Å². The summed E-state index contributed by atoms with van der Waals surface area (Å²) < 4.78 is 0.836. The Morgan fingerprint density at radius 1 is 1.50 bits per heavy atom. The second-order valence-electron chi connectivity index (χ2n) is 5.06. The molecule has 0 aliphatic carbocycles. The third kappa shape index (κ3) is 3.23. The quantitative estimate of drug-likeness (QED) is 0.655. The molecule has 108 valence electrons. The average Bonchev–Trinajstić information content (AvgIpc) is 2.83. The molecular weight excluding hydrogens is 276 g/mol. The molecule has 0 saturated heterocycles. The van der Waals surface area contributed by atoms with E-state index in [2.05, 4.69) is 15.2 Å². The lowest BCUT2D eigenvalue weighted by Gasteiger charge is -2.17. The van der Waals surface area contributed by atoms with Gasteiger partial charge in [0.05, 0.1) is 15.1 Å². The SMILES string of the molecule is CC(CCN(C)C)Nc1ccc2scnc2c1[N+](=O)[O-]. The topological polar surface area (TPSA) is 71.3 Å². The van der Waals surface area contributed by atoms with Crippen LogP contribution in [0.1, 0.15) is 13.3 Å². The zero-order valence-corrected chi connectivity index (χ0v) is 12.6. The zero-order valence-electron chi connectivity index (χ0n) is 11.8. The average molecular weight is 294 g/mol. The van der Waals surface area contributed by atoms with Crippen molar-refractivity contribution in [3.05, 3.63) is 27.8 Å². The highest BCUT2D eigenvalue weighted by atomic mass is 32.1. The van der Waals surface area contributed by atoms with Crippen molar-refractivity contribution >= 4 is 32.9 Å². The third-order valence-corrected chi connectivity index (χ3v) is 3.86. The smallest absolute Gasteiger partial charge is 0.319 e. The number of hydrogen-bond donors (Lipinski definition) is 1. The van der Waals surface area contributed by atoms with Crippen LogP contribution in [0.25, 0.3) is 10.2 Å². The minimum absolute atomic E-state index is 0.0699. The molecule has 0 amide bonds. The lowest BCUT2D eigenvalue weighted by atomic mass is 10.2. The van der Waals surface area contributed by atoms with Crippen LogP contribution in [0.3, 0.4) is 0 Å². The predicted molar refractivity (Wildman–Crippen MR) is 82.5 cm³/mol. The number of aromatic nitrogens is 1. The Hall–Kier alpha value is -1.73. The number of nitro benzene ring substituents is 1. The van der Waals surface area contributed by atoms with E-state index in [0.29, 0.717) is 11.2 Å². The van der Waals surface area contributed by atoms with Crippen molar-refractivity contribution in [3.63, 3.8) is 0 Å². The van der Waals surface area contributed by atoms with Crippen molar-refractivity contribution < 1.29 is 4.92 Å². The number of benzene rings is 1. The van der Waals surface area contributed by atoms with Gasteiger partial charge in [-0.05, 0) is 46.1 Å². The maximum atomic E-state index is 11.3. The maximum Gasteiger partial charge on any atom is 0.319 e. The van der Waals surface area contributed by atoms with E-state index in [1.165, 1.54) is 11.3 Å². The second kappa shape index (κ2) is 6.15. The van der Waals surface area contributed by atoms with E-state index in [1.54, 1.807) is 11.6 Å². The molecule has 2 aromatic rings. The monoisotopic (exact) mass is 294 g/mol. The highest BCUT2D eigenvalue weighted by Gasteiger charge is 2.21. The summed E-state index contributed by atoms with van der Waals surface area (Å²) in [6.45, 7) is 2.96. The number of nitrogens with zero attached hydrogens (tertiary/aromatic N) is 3. The van der Waals surface area contributed by atoms with E-state index < -0.39 is 0 Å². The number of anilines is 1. The summed E-state index contributed by atoms with van der Waals surface area (Å²) in [5.74, 6) is 0. The summed E-state index contributed by atoms with van der Waals surface area (Å²) in [6.07, 6.45) is 0.916. The molecule has 1 heterocycles. The van der Waals surface area contributed by atoms with Crippen molar-refractivity contribution in [3.8, 4) is 0 Å². The Balaban J connectivity index is 2.25. The van der Waals surface area contributed by atoms with Crippen LogP contribution in [-0.4, -0.2) is 41.5 Å². The number of thiazole rings is 1. The van der Waals surface area contributed by atoms with Crippen LogP contribution in [0.2, 0.25) is 0 Å². The molecular formula is C13H18N4O2S. The highest BCUT2D eigenvalue weighted by molar-refractivity contribution is 7.16. The first-order valence-electron chi connectivity index (χ1n) is 6.41. The van der Waals surface area contributed by atoms with Gasteiger partial charge in [-0.2, -0.15) is 0 Å². The van der Waals surface area contributed by atoms with E-state index in [9.17, 15) is 10.1 Å². The molecule has 0 spiro atoms. The van der Waals surface area contributed by atoms with Gasteiger partial charge in [0.1, 0.15) is 5.69 Å². The fourth-order valence-corrected chi connectivity index (χ4v) is 2.69. The van der Waals surface area contributed by atoms with Gasteiger partial charge in [-0.25, -0.2) is 4.98 Å². The van der Waals surface area contributed by atoms with Gasteiger partial charge in [0.15, 0.2) is 5.52 Å². The molecule has 0 aliphatic heterocycles. The number of fused-ring (bicyclic) bond motifs is 1. The van der Waals surface area contributed by atoms with Gasteiger partial charge in [0.2, 0.25) is 0 Å². The molecule has 1 N–H and O–H groups in total. The molecule has 1 atom stereocenters. The van der Waals surface area contributed by atoms with E-state index >= 15 is 0 Å². The molecule has 0 bridgehead atoms. The van der Waals surface area contributed by atoms with Crippen molar-refractivity contribution in [2.45, 2.75) is 19.4 Å². The number of nitrogens with one attached hydrogen (secondary N) is 1. The summed E-state index contributed by atoms with van der Waals surface area (Å²) in [6, 6.07) is 3.80. The van der Waals surface area contributed by atoms with E-state index in [1.807, 2.05) is 27.1 Å². The molecule has 0 saturated carbocycles. The summed E-state index contributed by atoms with van der Waals surface area (Å²) in [5, 5.41) is 14.5. The Kier molecular flexibility index (Phi) is 4.51. The molecule has 0 radical (unpaired) electrons. The standard InChI is InChI=1S/C13H18N4O2S/c1-9(6-7-16(2)3)15-10-4-5-11-12(14-8-20-11)13(10)17(18)19/h4-5,8-9,15H,6-7H2,1-3H3. The van der Waals surface area contributed by atoms with Crippen LogP contribution < -0.4 is 5.32 Å². The molecule has 6 nitrogen and oxygen atoms in total. The minimum Gasteiger partial charge on any atom is -0.377 e. The lowest BCUT2D eigenvalue weighted by molar-refractivity contribution is -0.382. The lowest BCUT2D eigenvalue weighted by Crippen LogP contribution is -2.23. The summed E-state index contributed by atoms with van der Waals surface area (Å²) >= 11 is 1.41. The normalized spacial score (nSPS) is 12.8. The van der Waals surface area contributed by atoms with Crippen molar-refractivity contribution in [1.82, 2.24) is 9.88 Å². The molecule has 7 heteroatoms. The third-order valence-electron chi connectivity index (χ3n) is 3.07. The van der Waals surface area contributed by atoms with Gasteiger partial charge in [-0.3, -0.25) is 10.1 Å². The molecule has 1 aromatic carbocycles. The van der Waals surface area contributed by atoms with Crippen LogP contribution in [0, 0.1) is 10.1 Å². The molecule has 20 heavy (non-hydrogen) atoms. The molecule has 1 aromatic heterocycles. The minimum atomic E-state index is -0.358. The number of nitro groups is 1. The van der Waals surface area contributed by atoms with Crippen LogP contribution >= 0.6 is 11.3 Å². The largest absolute Gasteiger partial charge is 0.377 e. The predicted octanol–water partition coefficient (Wildman–Crippen LogP) is 2.96.